The average Bonchev–Trinajstić information content (AvgIpc) is 2.89. The molecule has 0 heterocycles. The molecule has 0 saturated heterocycles. The van der Waals surface area contributed by atoms with E-state index in [1.54, 1.807) is 0 Å². The van der Waals surface area contributed by atoms with Crippen molar-refractivity contribution in [2.24, 2.45) is 17.3 Å². The van der Waals surface area contributed by atoms with Gasteiger partial charge in [0, 0.05) is 6.04 Å². The van der Waals surface area contributed by atoms with Gasteiger partial charge in [0.1, 0.15) is 0 Å². The predicted octanol–water partition coefficient (Wildman–Crippen LogP) is 2.37. The molecule has 2 saturated carbocycles. The van der Waals surface area contributed by atoms with E-state index in [2.05, 4.69) is 4.72 Å². The SMILES string of the molecule is CC1C(NS(=O)(=O)C2CCCC2)CCC(C(=O)O)C1(C)C. The Balaban J connectivity index is 2.10. The Bertz CT molecular complexity index is 494. The van der Waals surface area contributed by atoms with Crippen molar-refractivity contribution in [2.45, 2.75) is 70.6 Å². The summed E-state index contributed by atoms with van der Waals surface area (Å²) >= 11 is 0. The van der Waals surface area contributed by atoms with Crippen molar-refractivity contribution < 1.29 is 18.3 Å². The van der Waals surface area contributed by atoms with E-state index in [1.807, 2.05) is 20.8 Å². The second-order valence-electron chi connectivity index (χ2n) is 7.25. The number of carboxylic acids is 1. The first-order valence-corrected chi connectivity index (χ1v) is 9.45. The minimum absolute atomic E-state index is 0.00327. The van der Waals surface area contributed by atoms with E-state index in [-0.39, 0.29) is 17.2 Å². The zero-order valence-electron chi connectivity index (χ0n) is 13.1. The van der Waals surface area contributed by atoms with Crippen molar-refractivity contribution in [3.63, 3.8) is 0 Å². The first-order valence-electron chi connectivity index (χ1n) is 7.90. The molecular formula is C15H27NO4S. The van der Waals surface area contributed by atoms with Crippen LogP contribution < -0.4 is 4.72 Å². The second-order valence-corrected chi connectivity index (χ2v) is 9.25. The average molecular weight is 317 g/mol. The third-order valence-electron chi connectivity index (χ3n) is 5.80. The largest absolute Gasteiger partial charge is 0.481 e. The maximum atomic E-state index is 12.4. The fourth-order valence-corrected chi connectivity index (χ4v) is 5.80. The molecule has 0 aromatic rings. The smallest absolute Gasteiger partial charge is 0.307 e. The van der Waals surface area contributed by atoms with Gasteiger partial charge in [-0.25, -0.2) is 13.1 Å². The predicted molar refractivity (Wildman–Crippen MR) is 81.4 cm³/mol. The van der Waals surface area contributed by atoms with E-state index in [9.17, 15) is 18.3 Å². The van der Waals surface area contributed by atoms with Crippen LogP contribution in [0.1, 0.15) is 59.3 Å². The van der Waals surface area contributed by atoms with Gasteiger partial charge in [0.05, 0.1) is 11.2 Å². The van der Waals surface area contributed by atoms with E-state index < -0.39 is 27.3 Å². The topological polar surface area (TPSA) is 83.5 Å². The summed E-state index contributed by atoms with van der Waals surface area (Å²) in [7, 11) is -3.28. The van der Waals surface area contributed by atoms with Gasteiger partial charge in [-0.1, -0.05) is 33.6 Å². The molecule has 6 heteroatoms. The molecule has 0 aliphatic heterocycles. The van der Waals surface area contributed by atoms with Crippen molar-refractivity contribution in [3.05, 3.63) is 0 Å². The Morgan fingerprint density at radius 1 is 1.14 bits per heavy atom. The van der Waals surface area contributed by atoms with Crippen molar-refractivity contribution in [1.82, 2.24) is 4.72 Å². The molecule has 2 N–H and O–H groups in total. The van der Waals surface area contributed by atoms with Gasteiger partial charge in [0.2, 0.25) is 10.0 Å². The normalized spacial score (nSPS) is 34.0. The highest BCUT2D eigenvalue weighted by molar-refractivity contribution is 7.90. The van der Waals surface area contributed by atoms with Crippen LogP contribution in [0.2, 0.25) is 0 Å². The van der Waals surface area contributed by atoms with Crippen LogP contribution in [-0.2, 0) is 14.8 Å². The van der Waals surface area contributed by atoms with Crippen molar-refractivity contribution in [1.29, 1.82) is 0 Å². The third kappa shape index (κ3) is 3.26. The van der Waals surface area contributed by atoms with Gasteiger partial charge in [0.25, 0.3) is 0 Å². The molecule has 2 aliphatic rings. The Morgan fingerprint density at radius 2 is 1.71 bits per heavy atom. The summed E-state index contributed by atoms with van der Waals surface area (Å²) in [6, 6.07) is -0.152. The molecule has 3 unspecified atom stereocenters. The molecule has 0 radical (unpaired) electrons. The fraction of sp³-hybridized carbons (Fsp3) is 0.933. The summed E-state index contributed by atoms with van der Waals surface area (Å²) in [4.78, 5) is 11.4. The summed E-state index contributed by atoms with van der Waals surface area (Å²) in [6.45, 7) is 5.84. The first kappa shape index (κ1) is 16.7. The van der Waals surface area contributed by atoms with Crippen molar-refractivity contribution in [3.8, 4) is 0 Å². The minimum atomic E-state index is -3.28. The molecule has 0 spiro atoms. The van der Waals surface area contributed by atoms with Gasteiger partial charge in [-0.15, -0.1) is 0 Å². The standard InChI is InChI=1S/C15H27NO4S/c1-10-13(9-8-12(14(17)18)15(10,2)3)16-21(19,20)11-6-4-5-7-11/h10-13,16H,4-9H2,1-3H3,(H,17,18). The van der Waals surface area contributed by atoms with E-state index in [4.69, 9.17) is 0 Å². The number of hydrogen-bond acceptors (Lipinski definition) is 3. The van der Waals surface area contributed by atoms with Crippen LogP contribution in [0.5, 0.6) is 0 Å². The molecule has 21 heavy (non-hydrogen) atoms. The fourth-order valence-electron chi connectivity index (χ4n) is 3.91. The number of carbonyl (C=O) groups is 1. The van der Waals surface area contributed by atoms with Crippen LogP contribution in [0.25, 0.3) is 0 Å². The van der Waals surface area contributed by atoms with E-state index in [1.165, 1.54) is 0 Å². The maximum absolute atomic E-state index is 12.4. The van der Waals surface area contributed by atoms with Crippen molar-refractivity contribution >= 4 is 16.0 Å². The highest BCUT2D eigenvalue weighted by atomic mass is 32.2. The lowest BCUT2D eigenvalue weighted by Crippen LogP contribution is -2.53. The maximum Gasteiger partial charge on any atom is 0.307 e. The minimum Gasteiger partial charge on any atom is -0.481 e. The van der Waals surface area contributed by atoms with E-state index >= 15 is 0 Å². The molecule has 2 rings (SSSR count). The van der Waals surface area contributed by atoms with E-state index in [0.717, 1.165) is 25.7 Å². The molecule has 3 atom stereocenters. The van der Waals surface area contributed by atoms with Crippen LogP contribution in [0.4, 0.5) is 0 Å². The molecular weight excluding hydrogens is 290 g/mol. The van der Waals surface area contributed by atoms with Gasteiger partial charge in [0.15, 0.2) is 0 Å². The third-order valence-corrected chi connectivity index (χ3v) is 7.78. The summed E-state index contributed by atoms with van der Waals surface area (Å²) in [5, 5.41) is 9.09. The number of sulfonamides is 1. The second kappa shape index (κ2) is 5.88. The molecule has 5 nitrogen and oxygen atoms in total. The molecule has 122 valence electrons. The van der Waals surface area contributed by atoms with Crippen molar-refractivity contribution in [2.75, 3.05) is 0 Å². The van der Waals surface area contributed by atoms with Crippen LogP contribution in [0.15, 0.2) is 0 Å². The quantitative estimate of drug-likeness (QED) is 0.834. The number of aliphatic carboxylic acids is 1. The van der Waals surface area contributed by atoms with Gasteiger partial charge in [-0.2, -0.15) is 0 Å². The van der Waals surface area contributed by atoms with Crippen LogP contribution in [-0.4, -0.2) is 30.8 Å². The summed E-state index contributed by atoms with van der Waals surface area (Å²) in [5.41, 5.74) is -0.410. The number of hydrogen-bond donors (Lipinski definition) is 2. The van der Waals surface area contributed by atoms with Gasteiger partial charge < -0.3 is 5.11 Å². The monoisotopic (exact) mass is 317 g/mol. The Kier molecular flexibility index (Phi) is 4.69. The molecule has 0 bridgehead atoms. The highest BCUT2D eigenvalue weighted by Crippen LogP contribution is 2.45. The number of rotatable bonds is 4. The molecule has 0 aromatic carbocycles. The lowest BCUT2D eigenvalue weighted by molar-refractivity contribution is -0.150. The Hall–Kier alpha value is -0.620. The lowest BCUT2D eigenvalue weighted by atomic mass is 9.61. The lowest BCUT2D eigenvalue weighted by Gasteiger charge is -2.46. The van der Waals surface area contributed by atoms with Crippen LogP contribution in [0.3, 0.4) is 0 Å². The summed E-state index contributed by atoms with van der Waals surface area (Å²) in [6.07, 6.45) is 4.60. The molecule has 0 aromatic heterocycles. The Labute approximate surface area is 127 Å². The van der Waals surface area contributed by atoms with E-state index in [0.29, 0.717) is 12.8 Å². The zero-order valence-corrected chi connectivity index (χ0v) is 13.9. The zero-order chi connectivity index (χ0) is 15.8. The van der Waals surface area contributed by atoms with Gasteiger partial charge >= 0.3 is 5.97 Å². The Morgan fingerprint density at radius 3 is 2.24 bits per heavy atom. The number of carboxylic acid groups (broad SMARTS) is 1. The highest BCUT2D eigenvalue weighted by Gasteiger charge is 2.47. The molecule has 0 amide bonds. The van der Waals surface area contributed by atoms with Crippen LogP contribution >= 0.6 is 0 Å². The van der Waals surface area contributed by atoms with Crippen LogP contribution in [0, 0.1) is 17.3 Å². The summed E-state index contributed by atoms with van der Waals surface area (Å²) < 4.78 is 27.8. The molecule has 2 aliphatic carbocycles. The summed E-state index contributed by atoms with van der Waals surface area (Å²) in [5.74, 6) is -1.17. The van der Waals surface area contributed by atoms with Gasteiger partial charge in [-0.3, -0.25) is 4.79 Å². The first-order chi connectivity index (χ1) is 9.66. The number of nitrogens with one attached hydrogen (secondary N) is 1. The van der Waals surface area contributed by atoms with Gasteiger partial charge in [-0.05, 0) is 37.0 Å². The molecule has 2 fully saturated rings.